The maximum atomic E-state index is 11.8. The topological polar surface area (TPSA) is 80.3 Å². The van der Waals surface area contributed by atoms with Crippen molar-refractivity contribution in [3.8, 4) is 5.75 Å². The van der Waals surface area contributed by atoms with Gasteiger partial charge in [0.05, 0.1) is 30.3 Å². The number of ether oxygens (including phenoxy) is 2. The fourth-order valence-corrected chi connectivity index (χ4v) is 3.83. The minimum atomic E-state index is -3.36. The lowest BCUT2D eigenvalue weighted by molar-refractivity contribution is -0.161. The molecule has 9 heteroatoms. The summed E-state index contributed by atoms with van der Waals surface area (Å²) in [7, 11) is -3.36. The summed E-state index contributed by atoms with van der Waals surface area (Å²) in [5, 5.41) is 0.424. The lowest BCUT2D eigenvalue weighted by Crippen LogP contribution is -2.48. The van der Waals surface area contributed by atoms with Gasteiger partial charge >= 0.3 is 13.8 Å². The second kappa shape index (κ2) is 6.42. The lowest BCUT2D eigenvalue weighted by atomic mass is 9.92. The van der Waals surface area contributed by atoms with Gasteiger partial charge in [-0.05, 0) is 24.6 Å². The zero-order valence-corrected chi connectivity index (χ0v) is 14.1. The van der Waals surface area contributed by atoms with E-state index in [2.05, 4.69) is 0 Å². The predicted octanol–water partition coefficient (Wildman–Crippen LogP) is 2.74. The van der Waals surface area contributed by atoms with Crippen molar-refractivity contribution in [2.75, 3.05) is 33.0 Å². The third kappa shape index (κ3) is 3.87. The quantitative estimate of drug-likeness (QED) is 0.588. The molecular weight excluding hydrogens is 347 g/mol. The number of rotatable bonds is 5. The van der Waals surface area contributed by atoms with Gasteiger partial charge in [0.25, 0.3) is 0 Å². The maximum Gasteiger partial charge on any atom is 0.474 e. The van der Waals surface area contributed by atoms with Crippen molar-refractivity contribution < 1.29 is 32.4 Å². The summed E-state index contributed by atoms with van der Waals surface area (Å²) in [5.41, 5.74) is 0.347. The summed E-state index contributed by atoms with van der Waals surface area (Å²) in [6.07, 6.45) is 0. The zero-order chi connectivity index (χ0) is 16.5. The van der Waals surface area contributed by atoms with Crippen LogP contribution in [0.15, 0.2) is 18.2 Å². The Balaban J connectivity index is 1.49. The SMILES string of the molecule is Cc1ccc(Cl)c(OCC(=O)OCC23COP(=O)(OC2)OC3)c1. The van der Waals surface area contributed by atoms with Gasteiger partial charge in [-0.15, -0.1) is 0 Å². The highest BCUT2D eigenvalue weighted by Crippen LogP contribution is 2.59. The number of carbonyl (C=O) groups excluding carboxylic acids is 1. The largest absolute Gasteiger partial charge is 0.480 e. The highest BCUT2D eigenvalue weighted by Gasteiger charge is 2.51. The second-order valence-corrected chi connectivity index (χ2v) is 7.73. The van der Waals surface area contributed by atoms with E-state index < -0.39 is 19.2 Å². The molecule has 3 saturated heterocycles. The van der Waals surface area contributed by atoms with Crippen LogP contribution in [0.3, 0.4) is 0 Å². The first kappa shape index (κ1) is 16.7. The Kier molecular flexibility index (Phi) is 4.67. The molecule has 0 radical (unpaired) electrons. The lowest BCUT2D eigenvalue weighted by Gasteiger charge is -2.43. The van der Waals surface area contributed by atoms with Gasteiger partial charge in [-0.25, -0.2) is 9.36 Å². The Morgan fingerprint density at radius 3 is 2.61 bits per heavy atom. The molecule has 0 saturated carbocycles. The molecule has 1 aromatic rings. The van der Waals surface area contributed by atoms with Crippen LogP contribution in [0.2, 0.25) is 5.02 Å². The first-order chi connectivity index (χ1) is 10.9. The van der Waals surface area contributed by atoms with Crippen molar-refractivity contribution in [3.63, 3.8) is 0 Å². The molecule has 0 atom stereocenters. The van der Waals surface area contributed by atoms with Gasteiger partial charge < -0.3 is 9.47 Å². The Bertz CT molecular complexity index is 631. The number of fused-ring (bicyclic) bond motifs is 3. The summed E-state index contributed by atoms with van der Waals surface area (Å²) in [4.78, 5) is 11.8. The van der Waals surface area contributed by atoms with Crippen molar-refractivity contribution in [1.82, 2.24) is 0 Å². The molecule has 0 spiro atoms. The Hall–Kier alpha value is -1.11. The first-order valence-electron chi connectivity index (χ1n) is 6.98. The standard InChI is InChI=1S/C14H16ClO7P/c1-10-2-3-11(15)12(4-10)18-5-13(16)19-6-14-7-20-23(17,21-8-14)22-9-14/h2-4H,5-9H2,1H3. The van der Waals surface area contributed by atoms with E-state index in [-0.39, 0.29) is 33.0 Å². The zero-order valence-electron chi connectivity index (χ0n) is 12.5. The fourth-order valence-electron chi connectivity index (χ4n) is 2.14. The number of carbonyl (C=O) groups is 1. The predicted molar refractivity (Wildman–Crippen MR) is 80.5 cm³/mol. The molecule has 3 aliphatic rings. The van der Waals surface area contributed by atoms with Crippen LogP contribution in [-0.2, 0) is 27.7 Å². The van der Waals surface area contributed by atoms with Crippen LogP contribution in [0.1, 0.15) is 5.56 Å². The van der Waals surface area contributed by atoms with Crippen LogP contribution in [0.25, 0.3) is 0 Å². The molecular formula is C14H16ClO7P. The molecule has 3 fully saturated rings. The molecule has 0 unspecified atom stereocenters. The number of hydrogen-bond acceptors (Lipinski definition) is 7. The normalized spacial score (nSPS) is 29.3. The third-order valence-electron chi connectivity index (χ3n) is 3.56. The van der Waals surface area contributed by atoms with E-state index in [1.165, 1.54) is 0 Å². The average Bonchev–Trinajstić information content (AvgIpc) is 2.55. The number of hydrogen-bond donors (Lipinski definition) is 0. The molecule has 0 N–H and O–H groups in total. The molecule has 0 aromatic heterocycles. The molecule has 0 amide bonds. The highest BCUT2D eigenvalue weighted by molar-refractivity contribution is 7.48. The average molecular weight is 363 g/mol. The maximum absolute atomic E-state index is 11.8. The van der Waals surface area contributed by atoms with Gasteiger partial charge in [-0.2, -0.15) is 0 Å². The van der Waals surface area contributed by atoms with Crippen molar-refractivity contribution in [1.29, 1.82) is 0 Å². The Labute approximate surface area is 138 Å². The first-order valence-corrected chi connectivity index (χ1v) is 8.82. The molecule has 23 heavy (non-hydrogen) atoms. The highest BCUT2D eigenvalue weighted by atomic mass is 35.5. The van der Waals surface area contributed by atoms with Crippen LogP contribution in [0.4, 0.5) is 0 Å². The van der Waals surface area contributed by atoms with Gasteiger partial charge in [0.15, 0.2) is 6.61 Å². The molecule has 3 aliphatic heterocycles. The number of halogens is 1. The van der Waals surface area contributed by atoms with E-state index in [9.17, 15) is 9.36 Å². The summed E-state index contributed by atoms with van der Waals surface area (Å²) >= 11 is 5.99. The number of benzene rings is 1. The Morgan fingerprint density at radius 1 is 1.30 bits per heavy atom. The van der Waals surface area contributed by atoms with Crippen LogP contribution < -0.4 is 4.74 Å². The smallest absolute Gasteiger partial charge is 0.474 e. The molecule has 4 rings (SSSR count). The third-order valence-corrected chi connectivity index (χ3v) is 5.21. The van der Waals surface area contributed by atoms with Gasteiger partial charge in [0.2, 0.25) is 0 Å². The summed E-state index contributed by atoms with van der Waals surface area (Å²) in [6, 6.07) is 5.28. The van der Waals surface area contributed by atoms with Crippen molar-refractivity contribution in [3.05, 3.63) is 28.8 Å². The monoisotopic (exact) mass is 362 g/mol. The number of phosphoric ester groups is 1. The molecule has 0 aliphatic carbocycles. The van der Waals surface area contributed by atoms with E-state index in [0.717, 1.165) is 5.56 Å². The molecule has 126 valence electrons. The Morgan fingerprint density at radius 2 is 1.96 bits per heavy atom. The van der Waals surface area contributed by atoms with Crippen LogP contribution in [0, 0.1) is 12.3 Å². The van der Waals surface area contributed by atoms with Gasteiger partial charge in [0, 0.05) is 0 Å². The van der Waals surface area contributed by atoms with Crippen molar-refractivity contribution in [2.45, 2.75) is 6.92 Å². The molecule has 7 nitrogen and oxygen atoms in total. The molecule has 3 heterocycles. The number of aryl methyl sites for hydroxylation is 1. The molecule has 2 bridgehead atoms. The van der Waals surface area contributed by atoms with Crippen LogP contribution in [0.5, 0.6) is 5.75 Å². The van der Waals surface area contributed by atoms with E-state index in [4.69, 9.17) is 34.6 Å². The van der Waals surface area contributed by atoms with Gasteiger partial charge in [-0.3, -0.25) is 13.6 Å². The van der Waals surface area contributed by atoms with Crippen LogP contribution in [-0.4, -0.2) is 39.0 Å². The minimum absolute atomic E-state index is 0.0384. The van der Waals surface area contributed by atoms with Crippen LogP contribution >= 0.6 is 19.4 Å². The van der Waals surface area contributed by atoms with E-state index >= 15 is 0 Å². The van der Waals surface area contributed by atoms with Crippen molar-refractivity contribution >= 4 is 25.4 Å². The van der Waals surface area contributed by atoms with Gasteiger partial charge in [0.1, 0.15) is 12.4 Å². The summed E-state index contributed by atoms with van der Waals surface area (Å²) < 4.78 is 37.3. The summed E-state index contributed by atoms with van der Waals surface area (Å²) in [5.74, 6) is -0.121. The summed E-state index contributed by atoms with van der Waals surface area (Å²) in [6.45, 7) is 2.18. The second-order valence-electron chi connectivity index (χ2n) is 5.65. The number of esters is 1. The molecule has 1 aromatic carbocycles. The minimum Gasteiger partial charge on any atom is -0.480 e. The van der Waals surface area contributed by atoms with E-state index in [0.29, 0.717) is 10.8 Å². The number of phosphoric acid groups is 1. The van der Waals surface area contributed by atoms with Crippen molar-refractivity contribution in [2.24, 2.45) is 5.41 Å². The fraction of sp³-hybridized carbons (Fsp3) is 0.500. The van der Waals surface area contributed by atoms with E-state index in [1.54, 1.807) is 12.1 Å². The van der Waals surface area contributed by atoms with Gasteiger partial charge in [-0.1, -0.05) is 17.7 Å². The van der Waals surface area contributed by atoms with E-state index in [1.807, 2.05) is 13.0 Å².